The summed E-state index contributed by atoms with van der Waals surface area (Å²) < 4.78 is 0. The van der Waals surface area contributed by atoms with E-state index in [-0.39, 0.29) is 1.43 Å². The van der Waals surface area contributed by atoms with E-state index in [2.05, 4.69) is 16.9 Å². The van der Waals surface area contributed by atoms with Gasteiger partial charge in [-0.15, -0.1) is 0 Å². The summed E-state index contributed by atoms with van der Waals surface area (Å²) in [6.07, 6.45) is 5.97. The van der Waals surface area contributed by atoms with Crippen LogP contribution in [0.3, 0.4) is 0 Å². The van der Waals surface area contributed by atoms with Gasteiger partial charge in [0.2, 0.25) is 0 Å². The van der Waals surface area contributed by atoms with Gasteiger partial charge in [0.05, 0.1) is 0 Å². The van der Waals surface area contributed by atoms with Crippen LogP contribution in [0, 0.1) is 0 Å². The Balaban J connectivity index is 0. The Morgan fingerprint density at radius 3 is 2.77 bits per heavy atom. The van der Waals surface area contributed by atoms with Gasteiger partial charge in [-0.1, -0.05) is 26.5 Å². The zero-order chi connectivity index (χ0) is 10.1. The van der Waals surface area contributed by atoms with Crippen molar-refractivity contribution in [1.29, 1.82) is 0 Å². The van der Waals surface area contributed by atoms with Gasteiger partial charge in [-0.2, -0.15) is 0 Å². The minimum atomic E-state index is 0. The molecule has 0 fully saturated rings. The van der Waals surface area contributed by atoms with Crippen molar-refractivity contribution in [2.75, 3.05) is 6.54 Å². The zero-order valence-corrected chi connectivity index (χ0v) is 8.93. The number of aliphatic imine (C=N–C) groups is 1. The van der Waals surface area contributed by atoms with Crippen LogP contribution >= 0.6 is 0 Å². The van der Waals surface area contributed by atoms with Crippen LogP contribution in [0.4, 0.5) is 0 Å². The second-order valence-electron chi connectivity index (χ2n) is 2.50. The van der Waals surface area contributed by atoms with Crippen LogP contribution in [0.1, 0.15) is 35.0 Å². The Bertz CT molecular complexity index is 207. The molecule has 0 bridgehead atoms. The maximum Gasteiger partial charge on any atom is 0.128 e. The van der Waals surface area contributed by atoms with E-state index in [1.807, 2.05) is 26.8 Å². The average Bonchev–Trinajstić information content (AvgIpc) is 2.22. The van der Waals surface area contributed by atoms with Crippen LogP contribution in [-0.2, 0) is 0 Å². The lowest BCUT2D eigenvalue weighted by molar-refractivity contribution is 0.666. The molecular weight excluding hydrogens is 160 g/mol. The molecule has 13 heavy (non-hydrogen) atoms. The Morgan fingerprint density at radius 1 is 1.54 bits per heavy atom. The largest absolute Gasteiger partial charge is 0.370 e. The molecule has 0 aliphatic carbocycles. The molecule has 1 N–H and O–H groups in total. The molecule has 0 aromatic carbocycles. The molecule has 0 radical (unpaired) electrons. The first-order valence-electron chi connectivity index (χ1n) is 4.96. The number of hydrogen-bond acceptors (Lipinski definition) is 2. The SMILES string of the molecule is C=CC1=C(/N=C\C)NCCC1.CC.[HH]. The van der Waals surface area contributed by atoms with Gasteiger partial charge >= 0.3 is 0 Å². The fourth-order valence-electron chi connectivity index (χ4n) is 1.17. The summed E-state index contributed by atoms with van der Waals surface area (Å²) in [6, 6.07) is 0. The molecule has 76 valence electrons. The van der Waals surface area contributed by atoms with E-state index in [0.717, 1.165) is 18.8 Å². The van der Waals surface area contributed by atoms with Gasteiger partial charge < -0.3 is 5.32 Å². The van der Waals surface area contributed by atoms with Crippen LogP contribution in [0.25, 0.3) is 0 Å². The molecule has 2 heteroatoms. The van der Waals surface area contributed by atoms with E-state index in [1.165, 1.54) is 12.0 Å². The normalized spacial score (nSPS) is 16.2. The molecular formula is C11H22N2. The smallest absolute Gasteiger partial charge is 0.128 e. The Kier molecular flexibility index (Phi) is 6.98. The van der Waals surface area contributed by atoms with Crippen molar-refractivity contribution in [2.24, 2.45) is 4.99 Å². The Morgan fingerprint density at radius 2 is 2.23 bits per heavy atom. The monoisotopic (exact) mass is 182 g/mol. The third-order valence-corrected chi connectivity index (χ3v) is 1.72. The first kappa shape index (κ1) is 11.9. The molecule has 0 saturated heterocycles. The van der Waals surface area contributed by atoms with Crippen molar-refractivity contribution < 1.29 is 1.43 Å². The lowest BCUT2D eigenvalue weighted by Gasteiger charge is -2.16. The highest BCUT2D eigenvalue weighted by Gasteiger charge is 2.06. The molecule has 0 unspecified atom stereocenters. The number of allylic oxidation sites excluding steroid dienone is 2. The third kappa shape index (κ3) is 3.92. The van der Waals surface area contributed by atoms with E-state index in [9.17, 15) is 0 Å². The van der Waals surface area contributed by atoms with Crippen LogP contribution in [0.5, 0.6) is 0 Å². The first-order chi connectivity index (χ1) is 6.38. The van der Waals surface area contributed by atoms with Crippen molar-refractivity contribution in [3.8, 4) is 0 Å². The molecule has 0 spiro atoms. The van der Waals surface area contributed by atoms with Crippen molar-refractivity contribution in [3.05, 3.63) is 24.0 Å². The van der Waals surface area contributed by atoms with E-state index in [1.54, 1.807) is 6.21 Å². The molecule has 1 aliphatic heterocycles. The van der Waals surface area contributed by atoms with E-state index < -0.39 is 0 Å². The summed E-state index contributed by atoms with van der Waals surface area (Å²) in [5.74, 6) is 0.994. The Hall–Kier alpha value is -1.05. The van der Waals surface area contributed by atoms with Gasteiger partial charge in [-0.25, -0.2) is 4.99 Å². The average molecular weight is 182 g/mol. The summed E-state index contributed by atoms with van der Waals surface area (Å²) in [5.41, 5.74) is 1.23. The molecule has 0 aromatic heterocycles. The van der Waals surface area contributed by atoms with Gasteiger partial charge in [0, 0.05) is 14.2 Å². The molecule has 0 saturated carbocycles. The van der Waals surface area contributed by atoms with Crippen LogP contribution in [0.2, 0.25) is 0 Å². The lowest BCUT2D eigenvalue weighted by Crippen LogP contribution is -2.19. The minimum Gasteiger partial charge on any atom is -0.370 e. The standard InChI is InChI=1S/C9H14N2.C2H6.H2/c1-3-8-6-5-7-11-9(8)10-4-2;1-2;/h3-4,11H,1,5-7H2,2H3;1-2H3;1H/b10-4-;;. The fraction of sp³-hybridized carbons (Fsp3) is 0.545. The van der Waals surface area contributed by atoms with Crippen molar-refractivity contribution in [3.63, 3.8) is 0 Å². The molecule has 0 atom stereocenters. The quantitative estimate of drug-likeness (QED) is 0.652. The molecule has 0 amide bonds. The second kappa shape index (κ2) is 7.59. The predicted octanol–water partition coefficient (Wildman–Crippen LogP) is 3.13. The summed E-state index contributed by atoms with van der Waals surface area (Å²) in [6.45, 7) is 10.7. The van der Waals surface area contributed by atoms with Gasteiger partial charge in [0.15, 0.2) is 0 Å². The van der Waals surface area contributed by atoms with E-state index >= 15 is 0 Å². The summed E-state index contributed by atoms with van der Waals surface area (Å²) in [7, 11) is 0. The van der Waals surface area contributed by atoms with E-state index in [0.29, 0.717) is 0 Å². The number of hydrogen-bond donors (Lipinski definition) is 1. The minimum absolute atomic E-state index is 0. The third-order valence-electron chi connectivity index (χ3n) is 1.72. The fourth-order valence-corrected chi connectivity index (χ4v) is 1.17. The van der Waals surface area contributed by atoms with Gasteiger partial charge in [0.1, 0.15) is 5.82 Å². The van der Waals surface area contributed by atoms with Crippen LogP contribution in [0.15, 0.2) is 29.0 Å². The maximum absolute atomic E-state index is 4.21. The molecule has 1 heterocycles. The molecule has 2 nitrogen and oxygen atoms in total. The highest BCUT2D eigenvalue weighted by atomic mass is 15.0. The number of nitrogens with zero attached hydrogens (tertiary/aromatic N) is 1. The van der Waals surface area contributed by atoms with E-state index in [4.69, 9.17) is 0 Å². The topological polar surface area (TPSA) is 24.4 Å². The van der Waals surface area contributed by atoms with Crippen molar-refractivity contribution >= 4 is 6.21 Å². The highest BCUT2D eigenvalue weighted by molar-refractivity contribution is 5.55. The highest BCUT2D eigenvalue weighted by Crippen LogP contribution is 2.15. The first-order valence-corrected chi connectivity index (χ1v) is 4.96. The van der Waals surface area contributed by atoms with Crippen LogP contribution < -0.4 is 5.32 Å². The van der Waals surface area contributed by atoms with Crippen molar-refractivity contribution in [2.45, 2.75) is 33.6 Å². The summed E-state index contributed by atoms with van der Waals surface area (Å²) in [5, 5.41) is 3.23. The van der Waals surface area contributed by atoms with Gasteiger partial charge in [0.25, 0.3) is 0 Å². The predicted molar refractivity (Wildman–Crippen MR) is 62.1 cm³/mol. The zero-order valence-electron chi connectivity index (χ0n) is 8.93. The molecule has 1 rings (SSSR count). The lowest BCUT2D eigenvalue weighted by atomic mass is 10.1. The Labute approximate surface area is 82.9 Å². The number of rotatable bonds is 2. The van der Waals surface area contributed by atoms with Crippen molar-refractivity contribution in [1.82, 2.24) is 5.32 Å². The second-order valence-corrected chi connectivity index (χ2v) is 2.50. The van der Waals surface area contributed by atoms with Gasteiger partial charge in [-0.3, -0.25) is 0 Å². The maximum atomic E-state index is 4.21. The summed E-state index contributed by atoms with van der Waals surface area (Å²) >= 11 is 0. The van der Waals surface area contributed by atoms with Gasteiger partial charge in [-0.05, 0) is 25.3 Å². The molecule has 1 aliphatic rings. The summed E-state index contributed by atoms with van der Waals surface area (Å²) in [4.78, 5) is 4.21. The number of nitrogens with one attached hydrogen (secondary N) is 1. The molecule has 0 aromatic rings. The van der Waals surface area contributed by atoms with Crippen LogP contribution in [-0.4, -0.2) is 12.8 Å².